The number of aromatic hydroxyl groups is 1. The maximum atomic E-state index is 9.56. The molecule has 0 aliphatic carbocycles. The van der Waals surface area contributed by atoms with Crippen molar-refractivity contribution in [2.75, 3.05) is 25.0 Å². The van der Waals surface area contributed by atoms with Gasteiger partial charge < -0.3 is 15.3 Å². The molecule has 0 spiro atoms. The van der Waals surface area contributed by atoms with Gasteiger partial charge in [0.15, 0.2) is 5.96 Å². The first-order chi connectivity index (χ1) is 11.8. The van der Waals surface area contributed by atoms with E-state index >= 15 is 0 Å². The molecule has 1 aliphatic rings. The summed E-state index contributed by atoms with van der Waals surface area (Å²) in [5, 5.41) is 13.0. The third-order valence-corrected chi connectivity index (χ3v) is 4.26. The van der Waals surface area contributed by atoms with Crippen LogP contribution in [0.3, 0.4) is 0 Å². The molecule has 2 aromatic rings. The summed E-state index contributed by atoms with van der Waals surface area (Å²) < 4.78 is 0. The van der Waals surface area contributed by atoms with Crippen molar-refractivity contribution >= 4 is 11.6 Å². The minimum absolute atomic E-state index is 0.315. The molecule has 3 rings (SSSR count). The minimum atomic E-state index is 0.315. The molecule has 0 bridgehead atoms. The number of hydrogen-bond donors (Lipinski definition) is 2. The van der Waals surface area contributed by atoms with Crippen molar-refractivity contribution in [3.05, 3.63) is 60.2 Å². The Morgan fingerprint density at radius 3 is 2.54 bits per heavy atom. The van der Waals surface area contributed by atoms with Crippen LogP contribution in [0.5, 0.6) is 5.75 Å². The van der Waals surface area contributed by atoms with Gasteiger partial charge in [-0.1, -0.05) is 30.3 Å². The number of phenolic OH excluding ortho intramolecular Hbond substituents is 1. The first kappa shape index (κ1) is 16.4. The van der Waals surface area contributed by atoms with Crippen molar-refractivity contribution < 1.29 is 5.11 Å². The number of benzene rings is 2. The zero-order valence-corrected chi connectivity index (χ0v) is 14.0. The van der Waals surface area contributed by atoms with Crippen LogP contribution in [-0.4, -0.2) is 35.6 Å². The van der Waals surface area contributed by atoms with E-state index in [9.17, 15) is 5.11 Å². The summed E-state index contributed by atoms with van der Waals surface area (Å²) in [4.78, 5) is 7.16. The zero-order chi connectivity index (χ0) is 16.6. The summed E-state index contributed by atoms with van der Waals surface area (Å²) >= 11 is 0. The Kier molecular flexibility index (Phi) is 5.72. The number of aliphatic imine (C=N–C) groups is 1. The van der Waals surface area contributed by atoms with E-state index in [1.807, 2.05) is 30.3 Å². The molecule has 0 unspecified atom stereocenters. The Bertz CT molecular complexity index is 664. The van der Waals surface area contributed by atoms with Crippen LogP contribution in [0.25, 0.3) is 0 Å². The average Bonchev–Trinajstić information content (AvgIpc) is 2.63. The normalized spacial score (nSPS) is 15.3. The highest BCUT2D eigenvalue weighted by Crippen LogP contribution is 2.14. The van der Waals surface area contributed by atoms with Gasteiger partial charge in [0.1, 0.15) is 5.75 Å². The van der Waals surface area contributed by atoms with Crippen LogP contribution in [0.4, 0.5) is 5.69 Å². The van der Waals surface area contributed by atoms with Crippen LogP contribution < -0.4 is 5.32 Å². The molecule has 1 fully saturated rings. The first-order valence-corrected chi connectivity index (χ1v) is 8.71. The lowest BCUT2D eigenvalue weighted by Gasteiger charge is -2.30. The summed E-state index contributed by atoms with van der Waals surface area (Å²) in [5.74, 6) is 1.27. The Balaban J connectivity index is 1.68. The second kappa shape index (κ2) is 8.39. The zero-order valence-electron chi connectivity index (χ0n) is 14.0. The van der Waals surface area contributed by atoms with Gasteiger partial charge in [-0.05, 0) is 55.5 Å². The summed E-state index contributed by atoms with van der Waals surface area (Å²) in [6.45, 7) is 2.82. The number of nitrogens with zero attached hydrogens (tertiary/aromatic N) is 2. The van der Waals surface area contributed by atoms with Gasteiger partial charge in [-0.15, -0.1) is 0 Å². The summed E-state index contributed by atoms with van der Waals surface area (Å²) in [6, 6.07) is 17.6. The molecule has 126 valence electrons. The number of guanidine groups is 1. The Hall–Kier alpha value is -2.49. The van der Waals surface area contributed by atoms with Crippen LogP contribution in [0, 0.1) is 0 Å². The smallest absolute Gasteiger partial charge is 0.198 e. The van der Waals surface area contributed by atoms with E-state index < -0.39 is 0 Å². The van der Waals surface area contributed by atoms with Gasteiger partial charge in [-0.3, -0.25) is 4.99 Å². The molecule has 0 aromatic heterocycles. The number of rotatable bonds is 4. The van der Waals surface area contributed by atoms with Crippen molar-refractivity contribution in [2.45, 2.75) is 25.7 Å². The van der Waals surface area contributed by atoms with E-state index in [0.717, 1.165) is 36.7 Å². The van der Waals surface area contributed by atoms with Crippen LogP contribution in [0.1, 0.15) is 24.8 Å². The molecular weight excluding hydrogens is 298 g/mol. The Morgan fingerprint density at radius 2 is 1.79 bits per heavy atom. The number of anilines is 1. The molecule has 4 heteroatoms. The molecule has 1 heterocycles. The third-order valence-electron chi connectivity index (χ3n) is 4.26. The second-order valence-corrected chi connectivity index (χ2v) is 6.16. The molecule has 0 saturated carbocycles. The van der Waals surface area contributed by atoms with Crippen LogP contribution in [0.15, 0.2) is 59.6 Å². The number of para-hydroxylation sites is 1. The molecule has 24 heavy (non-hydrogen) atoms. The van der Waals surface area contributed by atoms with Gasteiger partial charge in [0.05, 0.1) is 0 Å². The van der Waals surface area contributed by atoms with Gasteiger partial charge in [0.2, 0.25) is 0 Å². The van der Waals surface area contributed by atoms with E-state index in [4.69, 9.17) is 4.99 Å². The summed E-state index contributed by atoms with van der Waals surface area (Å²) in [6.07, 6.45) is 4.57. The van der Waals surface area contributed by atoms with Crippen molar-refractivity contribution in [2.24, 2.45) is 4.99 Å². The number of piperidine rings is 1. The van der Waals surface area contributed by atoms with Crippen molar-refractivity contribution in [3.63, 3.8) is 0 Å². The fourth-order valence-electron chi connectivity index (χ4n) is 2.98. The van der Waals surface area contributed by atoms with E-state index in [0.29, 0.717) is 12.3 Å². The summed E-state index contributed by atoms with van der Waals surface area (Å²) in [5.41, 5.74) is 2.18. The summed E-state index contributed by atoms with van der Waals surface area (Å²) in [7, 11) is 0. The predicted molar refractivity (Wildman–Crippen MR) is 99.6 cm³/mol. The van der Waals surface area contributed by atoms with Crippen LogP contribution >= 0.6 is 0 Å². The van der Waals surface area contributed by atoms with Gasteiger partial charge in [0, 0.05) is 25.3 Å². The van der Waals surface area contributed by atoms with Gasteiger partial charge in [0.25, 0.3) is 0 Å². The van der Waals surface area contributed by atoms with E-state index in [1.165, 1.54) is 19.3 Å². The fraction of sp³-hybridized carbons (Fsp3) is 0.350. The topological polar surface area (TPSA) is 47.9 Å². The van der Waals surface area contributed by atoms with E-state index in [1.54, 1.807) is 12.1 Å². The molecule has 2 aromatic carbocycles. The van der Waals surface area contributed by atoms with E-state index in [2.05, 4.69) is 22.3 Å². The average molecular weight is 323 g/mol. The number of likely N-dealkylation sites (tertiary alicyclic amines) is 1. The SMILES string of the molecule is Oc1cccc(CCN=C(Nc2ccccc2)N2CCCCC2)c1. The molecule has 2 N–H and O–H groups in total. The quantitative estimate of drug-likeness (QED) is 0.663. The van der Waals surface area contributed by atoms with Gasteiger partial charge in [-0.25, -0.2) is 0 Å². The minimum Gasteiger partial charge on any atom is -0.508 e. The van der Waals surface area contributed by atoms with Crippen LogP contribution in [-0.2, 0) is 6.42 Å². The van der Waals surface area contributed by atoms with E-state index in [-0.39, 0.29) is 0 Å². The van der Waals surface area contributed by atoms with Crippen LogP contribution in [0.2, 0.25) is 0 Å². The van der Waals surface area contributed by atoms with Gasteiger partial charge >= 0.3 is 0 Å². The van der Waals surface area contributed by atoms with Crippen molar-refractivity contribution in [1.29, 1.82) is 0 Å². The van der Waals surface area contributed by atoms with Crippen molar-refractivity contribution in [1.82, 2.24) is 4.90 Å². The number of hydrogen-bond acceptors (Lipinski definition) is 2. The standard InChI is InChI=1S/C20H25N3O/c24-19-11-7-8-17(16-19)12-13-21-20(23-14-5-2-6-15-23)22-18-9-3-1-4-10-18/h1,3-4,7-11,16,24H,2,5-6,12-15H2,(H,21,22). The maximum Gasteiger partial charge on any atom is 0.198 e. The van der Waals surface area contributed by atoms with Crippen molar-refractivity contribution in [3.8, 4) is 5.75 Å². The molecule has 0 atom stereocenters. The second-order valence-electron chi connectivity index (χ2n) is 6.16. The molecular formula is C20H25N3O. The third kappa shape index (κ3) is 4.75. The lowest BCUT2D eigenvalue weighted by molar-refractivity contribution is 0.340. The predicted octanol–water partition coefficient (Wildman–Crippen LogP) is 3.89. The Labute approximate surface area is 143 Å². The molecule has 0 amide bonds. The number of nitrogens with one attached hydrogen (secondary N) is 1. The Morgan fingerprint density at radius 1 is 1.00 bits per heavy atom. The lowest BCUT2D eigenvalue weighted by atomic mass is 10.1. The molecule has 0 radical (unpaired) electrons. The maximum absolute atomic E-state index is 9.56. The molecule has 1 aliphatic heterocycles. The first-order valence-electron chi connectivity index (χ1n) is 8.71. The van der Waals surface area contributed by atoms with Gasteiger partial charge in [-0.2, -0.15) is 0 Å². The highest BCUT2D eigenvalue weighted by molar-refractivity contribution is 5.93. The molecule has 4 nitrogen and oxygen atoms in total. The largest absolute Gasteiger partial charge is 0.508 e. The fourth-order valence-corrected chi connectivity index (χ4v) is 2.98. The highest BCUT2D eigenvalue weighted by atomic mass is 16.3. The lowest BCUT2D eigenvalue weighted by Crippen LogP contribution is -2.40. The molecule has 1 saturated heterocycles. The number of phenols is 1. The monoisotopic (exact) mass is 323 g/mol. The highest BCUT2D eigenvalue weighted by Gasteiger charge is 2.14.